The van der Waals surface area contributed by atoms with Crippen molar-refractivity contribution in [3.05, 3.63) is 125 Å². The van der Waals surface area contributed by atoms with E-state index in [9.17, 15) is 18.0 Å². The number of benzene rings is 4. The molecule has 4 rings (SSSR count). The monoisotopic (exact) mass is 613 g/mol. The van der Waals surface area contributed by atoms with Crippen LogP contribution >= 0.6 is 0 Å². The number of aryl methyl sites for hydroxylation is 3. The van der Waals surface area contributed by atoms with Crippen LogP contribution in [-0.2, 0) is 32.6 Å². The molecule has 230 valence electrons. The number of carbonyl (C=O) groups excluding carboxylic acids is 2. The van der Waals surface area contributed by atoms with Crippen molar-refractivity contribution in [1.29, 1.82) is 0 Å². The SMILES string of the molecule is CNC(=O)[C@H](Cc1ccccc1)N(Cc1cccc(OC)c1)C(=O)CN(c1ccc(C)c(C)c1)S(=O)(=O)c1ccc(C)cc1. The van der Waals surface area contributed by atoms with Gasteiger partial charge in [-0.1, -0.05) is 66.2 Å². The first-order chi connectivity index (χ1) is 21.0. The molecular formula is C35H39N3O5S. The number of amides is 2. The highest BCUT2D eigenvalue weighted by Crippen LogP contribution is 2.27. The zero-order valence-electron chi connectivity index (χ0n) is 25.8. The third-order valence-corrected chi connectivity index (χ3v) is 9.46. The second-order valence-electron chi connectivity index (χ2n) is 10.8. The van der Waals surface area contributed by atoms with Crippen LogP contribution in [-0.4, -0.2) is 51.9 Å². The lowest BCUT2D eigenvalue weighted by Crippen LogP contribution is -2.53. The van der Waals surface area contributed by atoms with Gasteiger partial charge < -0.3 is 15.0 Å². The Balaban J connectivity index is 1.81. The lowest BCUT2D eigenvalue weighted by molar-refractivity contribution is -0.139. The molecule has 0 spiro atoms. The third-order valence-electron chi connectivity index (χ3n) is 7.67. The van der Waals surface area contributed by atoms with Crippen LogP contribution in [0.3, 0.4) is 0 Å². The Labute approximate surface area is 260 Å². The number of hydrogen-bond acceptors (Lipinski definition) is 5. The summed E-state index contributed by atoms with van der Waals surface area (Å²) in [4.78, 5) is 29.4. The van der Waals surface area contributed by atoms with Crippen LogP contribution in [0.1, 0.15) is 27.8 Å². The molecule has 8 nitrogen and oxygen atoms in total. The minimum Gasteiger partial charge on any atom is -0.497 e. The van der Waals surface area contributed by atoms with Crippen molar-refractivity contribution in [2.45, 2.75) is 44.7 Å². The number of likely N-dealkylation sites (N-methyl/N-ethyl adjacent to an activating group) is 1. The smallest absolute Gasteiger partial charge is 0.264 e. The molecule has 0 bridgehead atoms. The van der Waals surface area contributed by atoms with Gasteiger partial charge in [-0.05, 0) is 79.4 Å². The molecule has 0 aliphatic heterocycles. The molecule has 0 aliphatic carbocycles. The predicted octanol–water partition coefficient (Wildman–Crippen LogP) is 5.20. The Morgan fingerprint density at radius 1 is 0.818 bits per heavy atom. The Morgan fingerprint density at radius 3 is 2.14 bits per heavy atom. The highest BCUT2D eigenvalue weighted by Gasteiger charge is 2.34. The number of nitrogens with one attached hydrogen (secondary N) is 1. The van der Waals surface area contributed by atoms with Crippen LogP contribution in [0.5, 0.6) is 5.75 Å². The molecule has 0 aromatic heterocycles. The van der Waals surface area contributed by atoms with Gasteiger partial charge in [0.25, 0.3) is 10.0 Å². The van der Waals surface area contributed by atoms with E-state index in [-0.39, 0.29) is 23.8 Å². The first-order valence-corrected chi connectivity index (χ1v) is 15.8. The molecule has 0 aliphatic rings. The molecule has 0 heterocycles. The summed E-state index contributed by atoms with van der Waals surface area (Å²) < 4.78 is 34.8. The zero-order valence-corrected chi connectivity index (χ0v) is 26.6. The van der Waals surface area contributed by atoms with E-state index in [0.29, 0.717) is 11.4 Å². The number of methoxy groups -OCH3 is 1. The van der Waals surface area contributed by atoms with Crippen LogP contribution in [0.4, 0.5) is 5.69 Å². The summed E-state index contributed by atoms with van der Waals surface area (Å²) in [6.07, 6.45) is 0.241. The van der Waals surface area contributed by atoms with E-state index >= 15 is 0 Å². The molecule has 9 heteroatoms. The van der Waals surface area contributed by atoms with Crippen LogP contribution in [0.25, 0.3) is 0 Å². The van der Waals surface area contributed by atoms with Crippen molar-refractivity contribution < 1.29 is 22.7 Å². The van der Waals surface area contributed by atoms with Crippen molar-refractivity contribution in [2.75, 3.05) is 25.0 Å². The van der Waals surface area contributed by atoms with Gasteiger partial charge in [-0.3, -0.25) is 13.9 Å². The van der Waals surface area contributed by atoms with Gasteiger partial charge in [-0.25, -0.2) is 8.42 Å². The maximum atomic E-state index is 14.4. The molecule has 0 saturated carbocycles. The second-order valence-corrected chi connectivity index (χ2v) is 12.6. The summed E-state index contributed by atoms with van der Waals surface area (Å²) in [5.41, 5.74) is 4.76. The fourth-order valence-electron chi connectivity index (χ4n) is 4.94. The van der Waals surface area contributed by atoms with Gasteiger partial charge in [0, 0.05) is 20.0 Å². The fourth-order valence-corrected chi connectivity index (χ4v) is 6.34. The quantitative estimate of drug-likeness (QED) is 0.237. The number of ether oxygens (including phenoxy) is 1. The lowest BCUT2D eigenvalue weighted by atomic mass is 10.0. The van der Waals surface area contributed by atoms with Gasteiger partial charge >= 0.3 is 0 Å². The first-order valence-electron chi connectivity index (χ1n) is 14.4. The molecule has 1 N–H and O–H groups in total. The highest BCUT2D eigenvalue weighted by molar-refractivity contribution is 7.92. The van der Waals surface area contributed by atoms with Crippen molar-refractivity contribution in [2.24, 2.45) is 0 Å². The average molecular weight is 614 g/mol. The first kappa shape index (κ1) is 32.3. The Morgan fingerprint density at radius 2 is 1.50 bits per heavy atom. The van der Waals surface area contributed by atoms with Crippen molar-refractivity contribution in [3.8, 4) is 5.75 Å². The van der Waals surface area contributed by atoms with Gasteiger partial charge in [-0.2, -0.15) is 0 Å². The Hall–Kier alpha value is -4.63. The number of hydrogen-bond donors (Lipinski definition) is 1. The minimum absolute atomic E-state index is 0.0618. The number of sulfonamides is 1. The largest absolute Gasteiger partial charge is 0.497 e. The van der Waals surface area contributed by atoms with Crippen LogP contribution < -0.4 is 14.4 Å². The predicted molar refractivity (Wildman–Crippen MR) is 173 cm³/mol. The van der Waals surface area contributed by atoms with E-state index in [1.807, 2.05) is 69.3 Å². The zero-order chi connectivity index (χ0) is 31.9. The topological polar surface area (TPSA) is 96.0 Å². The molecule has 44 heavy (non-hydrogen) atoms. The van der Waals surface area contributed by atoms with Crippen LogP contribution in [0, 0.1) is 20.8 Å². The van der Waals surface area contributed by atoms with E-state index in [0.717, 1.165) is 32.1 Å². The minimum atomic E-state index is -4.16. The van der Waals surface area contributed by atoms with Crippen molar-refractivity contribution in [3.63, 3.8) is 0 Å². The molecule has 4 aromatic rings. The summed E-state index contributed by atoms with van der Waals surface area (Å²) in [6, 6.07) is 27.6. The standard InChI is InChI=1S/C35H39N3O5S/c1-25-14-18-32(19-15-25)44(41,42)38(30-17-16-26(2)27(3)20-30)24-34(39)37(23-29-12-9-13-31(21-29)43-5)33(35(40)36-4)22-28-10-7-6-8-11-28/h6-21,33H,22-24H2,1-5H3,(H,36,40)/t33-/m0/s1. The number of anilines is 1. The fraction of sp³-hybridized carbons (Fsp3) is 0.257. The number of carbonyl (C=O) groups is 2. The van der Waals surface area contributed by atoms with E-state index < -0.39 is 28.5 Å². The summed E-state index contributed by atoms with van der Waals surface area (Å²) in [6.45, 7) is 5.27. The molecular weight excluding hydrogens is 574 g/mol. The van der Waals surface area contributed by atoms with Gasteiger partial charge in [0.1, 0.15) is 18.3 Å². The van der Waals surface area contributed by atoms with E-state index in [4.69, 9.17) is 4.74 Å². The average Bonchev–Trinajstić information content (AvgIpc) is 3.03. The molecule has 4 aromatic carbocycles. The molecule has 0 unspecified atom stereocenters. The van der Waals surface area contributed by atoms with Gasteiger partial charge in [0.2, 0.25) is 11.8 Å². The van der Waals surface area contributed by atoms with Crippen LogP contribution in [0.2, 0.25) is 0 Å². The summed E-state index contributed by atoms with van der Waals surface area (Å²) in [7, 11) is -1.07. The Bertz CT molecular complexity index is 1710. The van der Waals surface area contributed by atoms with Gasteiger partial charge in [0.05, 0.1) is 17.7 Å². The summed E-state index contributed by atoms with van der Waals surface area (Å²) in [5.74, 6) is -0.274. The molecule has 0 saturated heterocycles. The van der Waals surface area contributed by atoms with E-state index in [1.165, 1.54) is 11.9 Å². The normalized spacial score (nSPS) is 11.8. The number of nitrogens with zero attached hydrogens (tertiary/aromatic N) is 2. The number of rotatable bonds is 12. The van der Waals surface area contributed by atoms with Gasteiger partial charge in [-0.15, -0.1) is 0 Å². The molecule has 0 radical (unpaired) electrons. The van der Waals surface area contributed by atoms with Crippen molar-refractivity contribution in [1.82, 2.24) is 10.2 Å². The van der Waals surface area contributed by atoms with Gasteiger partial charge in [0.15, 0.2) is 0 Å². The molecule has 2 amide bonds. The lowest BCUT2D eigenvalue weighted by Gasteiger charge is -2.33. The van der Waals surface area contributed by atoms with E-state index in [1.54, 1.807) is 55.6 Å². The highest BCUT2D eigenvalue weighted by atomic mass is 32.2. The maximum absolute atomic E-state index is 14.4. The second kappa shape index (κ2) is 14.2. The molecule has 0 fully saturated rings. The van der Waals surface area contributed by atoms with Crippen LogP contribution in [0.15, 0.2) is 102 Å². The third kappa shape index (κ3) is 7.65. The maximum Gasteiger partial charge on any atom is 0.264 e. The van der Waals surface area contributed by atoms with Crippen molar-refractivity contribution >= 4 is 27.5 Å². The summed E-state index contributed by atoms with van der Waals surface area (Å²) >= 11 is 0. The molecule has 1 atom stereocenters. The summed E-state index contributed by atoms with van der Waals surface area (Å²) in [5, 5.41) is 2.70. The van der Waals surface area contributed by atoms with E-state index in [2.05, 4.69) is 5.32 Å². The Kier molecular flexibility index (Phi) is 10.4.